The Hall–Kier alpha value is -1.36. The highest BCUT2D eigenvalue weighted by atomic mass is 127. The third-order valence-corrected chi connectivity index (χ3v) is 3.26. The lowest BCUT2D eigenvalue weighted by atomic mass is 10.1. The Kier molecular flexibility index (Phi) is 12.3. The van der Waals surface area contributed by atoms with E-state index in [0.29, 0.717) is 17.1 Å². The highest BCUT2D eigenvalue weighted by Gasteiger charge is 2.04. The molecule has 0 spiro atoms. The molecule has 0 radical (unpaired) electrons. The molecule has 0 aliphatic heterocycles. The van der Waals surface area contributed by atoms with Gasteiger partial charge in [0.25, 0.3) is 0 Å². The van der Waals surface area contributed by atoms with Crippen LogP contribution in [0.5, 0.6) is 0 Å². The molecule has 6 heteroatoms. The van der Waals surface area contributed by atoms with Crippen LogP contribution in [-0.2, 0) is 6.54 Å². The molecule has 23 heavy (non-hydrogen) atoms. The maximum Gasteiger partial charge on any atom is 0.191 e. The van der Waals surface area contributed by atoms with Crippen LogP contribution in [0.25, 0.3) is 0 Å². The molecule has 0 aliphatic rings. The van der Waals surface area contributed by atoms with Crippen molar-refractivity contribution in [3.63, 3.8) is 0 Å². The van der Waals surface area contributed by atoms with E-state index in [0.717, 1.165) is 19.5 Å². The second-order valence-corrected chi connectivity index (χ2v) is 5.10. The minimum atomic E-state index is -0.387. The fraction of sp³-hybridized carbons (Fsp3) is 0.529. The molecule has 0 aromatic heterocycles. The zero-order valence-electron chi connectivity index (χ0n) is 13.9. The first-order chi connectivity index (χ1) is 10.7. The summed E-state index contributed by atoms with van der Waals surface area (Å²) in [7, 11) is 0. The first kappa shape index (κ1) is 21.6. The van der Waals surface area contributed by atoms with Gasteiger partial charge in [0, 0.05) is 18.7 Å². The molecule has 4 nitrogen and oxygen atoms in total. The van der Waals surface area contributed by atoms with Gasteiger partial charge in [-0.15, -0.1) is 24.0 Å². The van der Waals surface area contributed by atoms with Crippen molar-refractivity contribution < 1.29 is 4.39 Å². The second-order valence-electron chi connectivity index (χ2n) is 5.10. The van der Waals surface area contributed by atoms with Crippen molar-refractivity contribution in [2.45, 2.75) is 46.1 Å². The predicted octanol–water partition coefficient (Wildman–Crippen LogP) is 3.95. The molecule has 0 heterocycles. The lowest BCUT2D eigenvalue weighted by molar-refractivity contribution is 0.609. The molecule has 1 aromatic carbocycles. The summed E-state index contributed by atoms with van der Waals surface area (Å²) in [4.78, 5) is 4.39. The SMILES string of the molecule is CCCCCCNC(=NCc1ccc(C#N)cc1F)NCC.I. The van der Waals surface area contributed by atoms with Gasteiger partial charge in [-0.3, -0.25) is 0 Å². The number of hydrogen-bond donors (Lipinski definition) is 2. The van der Waals surface area contributed by atoms with Crippen LogP contribution in [0.3, 0.4) is 0 Å². The molecular weight excluding hydrogens is 406 g/mol. The van der Waals surface area contributed by atoms with Crippen LogP contribution in [0.15, 0.2) is 23.2 Å². The van der Waals surface area contributed by atoms with Crippen LogP contribution in [0, 0.1) is 17.1 Å². The number of nitrogens with one attached hydrogen (secondary N) is 2. The van der Waals surface area contributed by atoms with E-state index in [1.54, 1.807) is 12.1 Å². The quantitative estimate of drug-likeness (QED) is 0.283. The highest BCUT2D eigenvalue weighted by molar-refractivity contribution is 14.0. The topological polar surface area (TPSA) is 60.2 Å². The van der Waals surface area contributed by atoms with E-state index in [1.165, 1.54) is 25.3 Å². The van der Waals surface area contributed by atoms with Crippen molar-refractivity contribution in [2.75, 3.05) is 13.1 Å². The van der Waals surface area contributed by atoms with Crippen LogP contribution in [-0.4, -0.2) is 19.0 Å². The zero-order chi connectivity index (χ0) is 16.2. The molecule has 0 saturated heterocycles. The normalized spacial score (nSPS) is 10.6. The van der Waals surface area contributed by atoms with E-state index in [9.17, 15) is 4.39 Å². The van der Waals surface area contributed by atoms with Gasteiger partial charge < -0.3 is 10.6 Å². The molecule has 0 atom stereocenters. The molecule has 0 unspecified atom stereocenters. The lowest BCUT2D eigenvalue weighted by Crippen LogP contribution is -2.37. The first-order valence-corrected chi connectivity index (χ1v) is 7.92. The van der Waals surface area contributed by atoms with Gasteiger partial charge in [-0.1, -0.05) is 32.3 Å². The minimum Gasteiger partial charge on any atom is -0.357 e. The van der Waals surface area contributed by atoms with Crippen molar-refractivity contribution in [1.29, 1.82) is 5.26 Å². The van der Waals surface area contributed by atoms with Gasteiger partial charge in [-0.2, -0.15) is 5.26 Å². The number of rotatable bonds is 8. The van der Waals surface area contributed by atoms with E-state index in [4.69, 9.17) is 5.26 Å². The van der Waals surface area contributed by atoms with Gasteiger partial charge in [0.2, 0.25) is 0 Å². The molecular formula is C17H26FIN4. The summed E-state index contributed by atoms with van der Waals surface area (Å²) >= 11 is 0. The average molecular weight is 432 g/mol. The molecule has 0 bridgehead atoms. The zero-order valence-corrected chi connectivity index (χ0v) is 16.2. The molecule has 0 aliphatic carbocycles. The summed E-state index contributed by atoms with van der Waals surface area (Å²) in [5.41, 5.74) is 0.813. The summed E-state index contributed by atoms with van der Waals surface area (Å²) in [6, 6.07) is 6.39. The molecule has 1 aromatic rings. The maximum absolute atomic E-state index is 13.8. The number of benzene rings is 1. The monoisotopic (exact) mass is 432 g/mol. The van der Waals surface area contributed by atoms with Crippen LogP contribution in [0.1, 0.15) is 50.7 Å². The molecule has 2 N–H and O–H groups in total. The van der Waals surface area contributed by atoms with Crippen molar-refractivity contribution in [3.8, 4) is 6.07 Å². The van der Waals surface area contributed by atoms with Gasteiger partial charge in [0.15, 0.2) is 5.96 Å². The van der Waals surface area contributed by atoms with Gasteiger partial charge in [-0.25, -0.2) is 9.38 Å². The fourth-order valence-electron chi connectivity index (χ4n) is 2.01. The predicted molar refractivity (Wildman–Crippen MR) is 103 cm³/mol. The van der Waals surface area contributed by atoms with Gasteiger partial charge in [0.1, 0.15) is 5.82 Å². The third-order valence-electron chi connectivity index (χ3n) is 3.26. The minimum absolute atomic E-state index is 0. The van der Waals surface area contributed by atoms with Crippen molar-refractivity contribution in [3.05, 3.63) is 35.1 Å². The average Bonchev–Trinajstić information content (AvgIpc) is 2.53. The van der Waals surface area contributed by atoms with E-state index in [1.807, 2.05) is 13.0 Å². The van der Waals surface area contributed by atoms with Gasteiger partial charge >= 0.3 is 0 Å². The molecule has 128 valence electrons. The number of unbranched alkanes of at least 4 members (excludes halogenated alkanes) is 3. The molecule has 0 saturated carbocycles. The Bertz CT molecular complexity index is 526. The summed E-state index contributed by atoms with van der Waals surface area (Å²) in [5, 5.41) is 15.1. The maximum atomic E-state index is 13.8. The number of halogens is 2. The Labute approximate surface area is 155 Å². The summed E-state index contributed by atoms with van der Waals surface area (Å²) < 4.78 is 13.8. The summed E-state index contributed by atoms with van der Waals surface area (Å²) in [6.45, 7) is 6.06. The van der Waals surface area contributed by atoms with Crippen molar-refractivity contribution in [2.24, 2.45) is 4.99 Å². The fourth-order valence-corrected chi connectivity index (χ4v) is 2.01. The largest absolute Gasteiger partial charge is 0.357 e. The van der Waals surface area contributed by atoms with Crippen LogP contribution in [0.4, 0.5) is 4.39 Å². The van der Waals surface area contributed by atoms with Crippen molar-refractivity contribution >= 4 is 29.9 Å². The summed E-state index contributed by atoms with van der Waals surface area (Å²) in [6.07, 6.45) is 4.76. The Morgan fingerprint density at radius 3 is 2.61 bits per heavy atom. The third kappa shape index (κ3) is 8.74. The number of nitrogens with zero attached hydrogens (tertiary/aromatic N) is 2. The lowest BCUT2D eigenvalue weighted by Gasteiger charge is -2.11. The van der Waals surface area contributed by atoms with Crippen molar-refractivity contribution in [1.82, 2.24) is 10.6 Å². The van der Waals surface area contributed by atoms with Crippen LogP contribution >= 0.6 is 24.0 Å². The van der Waals surface area contributed by atoms with E-state index >= 15 is 0 Å². The van der Waals surface area contributed by atoms with Crippen LogP contribution < -0.4 is 10.6 Å². The number of guanidine groups is 1. The Morgan fingerprint density at radius 1 is 1.22 bits per heavy atom. The molecule has 0 fully saturated rings. The van der Waals surface area contributed by atoms with Crippen LogP contribution in [0.2, 0.25) is 0 Å². The number of hydrogen-bond acceptors (Lipinski definition) is 2. The number of aliphatic imine (C=N–C) groups is 1. The van der Waals surface area contributed by atoms with E-state index < -0.39 is 0 Å². The summed E-state index contributed by atoms with van der Waals surface area (Å²) in [5.74, 6) is 0.310. The molecule has 0 amide bonds. The van der Waals surface area contributed by atoms with E-state index in [-0.39, 0.29) is 36.3 Å². The standard InChI is InChI=1S/C17H25FN4.HI/c1-3-5-6-7-10-21-17(20-4-2)22-13-15-9-8-14(12-19)11-16(15)18;/h8-9,11H,3-7,10,13H2,1-2H3,(H2,20,21,22);1H. The van der Waals surface area contributed by atoms with Gasteiger partial charge in [0.05, 0.1) is 18.2 Å². The Balaban J connectivity index is 0.00000484. The first-order valence-electron chi connectivity index (χ1n) is 7.92. The smallest absolute Gasteiger partial charge is 0.191 e. The highest BCUT2D eigenvalue weighted by Crippen LogP contribution is 2.11. The Morgan fingerprint density at radius 2 is 2.00 bits per heavy atom. The van der Waals surface area contributed by atoms with Gasteiger partial charge in [-0.05, 0) is 25.5 Å². The number of nitriles is 1. The second kappa shape index (κ2) is 13.1. The van der Waals surface area contributed by atoms with E-state index in [2.05, 4.69) is 22.5 Å². The molecule has 1 rings (SSSR count).